The number of benzene rings is 2. The molecule has 3 rings (SSSR count). The summed E-state index contributed by atoms with van der Waals surface area (Å²) in [7, 11) is 0. The number of nitrogens with one attached hydrogen (secondary N) is 2. The highest BCUT2D eigenvalue weighted by Crippen LogP contribution is 2.28. The average molecular weight is 508 g/mol. The molecule has 0 aliphatic rings. The van der Waals surface area contributed by atoms with Crippen molar-refractivity contribution in [2.24, 2.45) is 5.92 Å². The van der Waals surface area contributed by atoms with Crippen molar-refractivity contribution in [1.29, 1.82) is 0 Å². The fourth-order valence-electron chi connectivity index (χ4n) is 4.32. The zero-order valence-electron chi connectivity index (χ0n) is 22.5. The van der Waals surface area contributed by atoms with Gasteiger partial charge >= 0.3 is 6.09 Å². The Morgan fingerprint density at radius 1 is 0.973 bits per heavy atom. The van der Waals surface area contributed by atoms with Gasteiger partial charge in [-0.3, -0.25) is 0 Å². The van der Waals surface area contributed by atoms with E-state index in [1.807, 2.05) is 95.3 Å². The molecule has 0 aliphatic heterocycles. The van der Waals surface area contributed by atoms with Crippen LogP contribution in [0.1, 0.15) is 75.7 Å². The van der Waals surface area contributed by atoms with Crippen LogP contribution in [0.2, 0.25) is 0 Å². The van der Waals surface area contributed by atoms with E-state index < -0.39 is 29.9 Å². The Bertz CT molecular complexity index is 1090. The molecule has 4 atom stereocenters. The van der Waals surface area contributed by atoms with Crippen LogP contribution in [0.25, 0.3) is 0 Å². The number of alkyl carbamates (subject to hydrolysis) is 1. The Hall–Kier alpha value is -3.16. The second-order valence-corrected chi connectivity index (χ2v) is 11.0. The van der Waals surface area contributed by atoms with E-state index in [1.54, 1.807) is 6.20 Å². The van der Waals surface area contributed by atoms with Crippen molar-refractivity contribution in [2.45, 2.75) is 83.6 Å². The van der Waals surface area contributed by atoms with Crippen LogP contribution in [0.4, 0.5) is 4.79 Å². The lowest BCUT2D eigenvalue weighted by Crippen LogP contribution is -2.47. The lowest BCUT2D eigenvalue weighted by Gasteiger charge is -2.29. The lowest BCUT2D eigenvalue weighted by molar-refractivity contribution is 0.0404. The zero-order valence-corrected chi connectivity index (χ0v) is 22.5. The van der Waals surface area contributed by atoms with Crippen LogP contribution in [0.5, 0.6) is 0 Å². The van der Waals surface area contributed by atoms with E-state index in [4.69, 9.17) is 4.74 Å². The van der Waals surface area contributed by atoms with Crippen LogP contribution in [-0.4, -0.2) is 44.0 Å². The number of aliphatic hydroxyl groups is 2. The highest BCUT2D eigenvalue weighted by atomic mass is 16.6. The monoisotopic (exact) mass is 507 g/mol. The van der Waals surface area contributed by atoms with Crippen molar-refractivity contribution in [2.75, 3.05) is 0 Å². The number of amides is 1. The molecule has 0 spiro atoms. The minimum absolute atomic E-state index is 0.0414. The molecule has 1 amide bonds. The van der Waals surface area contributed by atoms with Gasteiger partial charge < -0.3 is 25.3 Å². The van der Waals surface area contributed by atoms with Crippen LogP contribution >= 0.6 is 0 Å². The molecule has 0 saturated heterocycles. The lowest BCUT2D eigenvalue weighted by atomic mass is 9.89. The highest BCUT2D eigenvalue weighted by molar-refractivity contribution is 5.68. The average Bonchev–Trinajstić information content (AvgIpc) is 3.33. The van der Waals surface area contributed by atoms with Gasteiger partial charge in [-0.25, -0.2) is 9.78 Å². The van der Waals surface area contributed by atoms with E-state index in [9.17, 15) is 15.0 Å². The smallest absolute Gasteiger partial charge is 0.407 e. The maximum Gasteiger partial charge on any atom is 0.407 e. The molecule has 0 radical (unpaired) electrons. The third-order valence-corrected chi connectivity index (χ3v) is 6.27. The molecule has 7 heteroatoms. The molecule has 3 aromatic rings. The van der Waals surface area contributed by atoms with Gasteiger partial charge in [0.25, 0.3) is 0 Å². The quantitative estimate of drug-likeness (QED) is 0.281. The van der Waals surface area contributed by atoms with Crippen molar-refractivity contribution in [1.82, 2.24) is 15.3 Å². The summed E-state index contributed by atoms with van der Waals surface area (Å²) in [6.07, 6.45) is 1.04. The first kappa shape index (κ1) is 28.4. The second kappa shape index (κ2) is 12.9. The van der Waals surface area contributed by atoms with Crippen LogP contribution in [0, 0.1) is 5.92 Å². The van der Waals surface area contributed by atoms with Gasteiger partial charge in [0.1, 0.15) is 11.4 Å². The third-order valence-electron chi connectivity index (χ3n) is 6.27. The minimum atomic E-state index is -0.870. The molecule has 2 aromatic carbocycles. The number of carbonyl (C=O) groups excluding carboxylic acids is 1. The van der Waals surface area contributed by atoms with Crippen LogP contribution in [0.3, 0.4) is 0 Å². The van der Waals surface area contributed by atoms with Gasteiger partial charge in [-0.15, -0.1) is 0 Å². The number of carbonyl (C=O) groups is 1. The van der Waals surface area contributed by atoms with Gasteiger partial charge in [0.05, 0.1) is 30.1 Å². The fourth-order valence-corrected chi connectivity index (χ4v) is 4.32. The molecule has 1 aromatic heterocycles. The van der Waals surface area contributed by atoms with E-state index in [2.05, 4.69) is 15.3 Å². The van der Waals surface area contributed by atoms with Gasteiger partial charge in [-0.05, 0) is 57.1 Å². The summed E-state index contributed by atoms with van der Waals surface area (Å²) in [5, 5.41) is 24.9. The molecule has 0 bridgehead atoms. The first-order chi connectivity index (χ1) is 17.5. The number of aromatic nitrogens is 2. The highest BCUT2D eigenvalue weighted by Gasteiger charge is 2.29. The number of H-pyrrole nitrogens is 1. The van der Waals surface area contributed by atoms with Crippen molar-refractivity contribution < 1.29 is 19.7 Å². The molecule has 4 N–H and O–H groups in total. The molecule has 0 fully saturated rings. The van der Waals surface area contributed by atoms with Gasteiger partial charge in [-0.1, -0.05) is 74.5 Å². The van der Waals surface area contributed by atoms with Crippen LogP contribution < -0.4 is 5.32 Å². The molecular weight excluding hydrogens is 466 g/mol. The van der Waals surface area contributed by atoms with E-state index in [1.165, 1.54) is 0 Å². The van der Waals surface area contributed by atoms with Crippen LogP contribution in [-0.2, 0) is 17.6 Å². The number of aromatic amines is 1. The van der Waals surface area contributed by atoms with Crippen LogP contribution in [0.15, 0.2) is 66.9 Å². The number of nitrogens with zero attached hydrogens (tertiary/aromatic N) is 1. The van der Waals surface area contributed by atoms with E-state index in [0.29, 0.717) is 30.8 Å². The minimum Gasteiger partial charge on any atom is -0.444 e. The summed E-state index contributed by atoms with van der Waals surface area (Å²) in [4.78, 5) is 20.5. The number of hydrogen-bond acceptors (Lipinski definition) is 5. The molecule has 7 nitrogen and oxygen atoms in total. The molecule has 37 heavy (non-hydrogen) atoms. The fraction of sp³-hybridized carbons (Fsp3) is 0.467. The molecule has 0 aliphatic carbocycles. The summed E-state index contributed by atoms with van der Waals surface area (Å²) >= 11 is 0. The topological polar surface area (TPSA) is 107 Å². The molecule has 1 unspecified atom stereocenters. The standard InChI is InChI=1S/C30H41N3O4/c1-20(2)27(35)25-19-31-28(32-25)23(16-21-12-8-6-9-13-21)18-26(34)24(17-22-14-10-7-11-15-22)33-29(36)37-30(3,4)5/h6-15,19-20,23-24,26-27,34-35H,16-18H2,1-5H3,(H,31,32)(H,33,36)/t23-,24+,26+,27?/m1/s1. The Labute approximate surface area is 220 Å². The molecule has 0 saturated carbocycles. The normalized spacial score (nSPS) is 15.1. The van der Waals surface area contributed by atoms with Gasteiger partial charge in [0.15, 0.2) is 0 Å². The van der Waals surface area contributed by atoms with Crippen molar-refractivity contribution in [3.05, 3.63) is 89.5 Å². The number of ether oxygens (including phenoxy) is 1. The SMILES string of the molecule is CC(C)C(O)c1cnc([C@H](Cc2ccccc2)C[C@H](O)[C@H](Cc2ccccc2)NC(=O)OC(C)(C)C)[nH]1. The number of rotatable bonds is 11. The van der Waals surface area contributed by atoms with Crippen molar-refractivity contribution in [3.63, 3.8) is 0 Å². The van der Waals surface area contributed by atoms with Gasteiger partial charge in [0.2, 0.25) is 0 Å². The molecule has 200 valence electrons. The number of imidazole rings is 1. The Kier molecular flexibility index (Phi) is 9.89. The summed E-state index contributed by atoms with van der Waals surface area (Å²) in [5.41, 5.74) is 2.12. The Morgan fingerprint density at radius 2 is 1.54 bits per heavy atom. The van der Waals surface area contributed by atoms with Crippen molar-refractivity contribution in [3.8, 4) is 0 Å². The third kappa shape index (κ3) is 9.02. The summed E-state index contributed by atoms with van der Waals surface area (Å²) in [5.74, 6) is 0.581. The van der Waals surface area contributed by atoms with Gasteiger partial charge in [-0.2, -0.15) is 0 Å². The summed E-state index contributed by atoms with van der Waals surface area (Å²) in [6, 6.07) is 19.2. The Balaban J connectivity index is 1.85. The first-order valence-corrected chi connectivity index (χ1v) is 13.0. The second-order valence-electron chi connectivity index (χ2n) is 11.0. The zero-order chi connectivity index (χ0) is 27.0. The predicted molar refractivity (Wildman–Crippen MR) is 145 cm³/mol. The summed E-state index contributed by atoms with van der Waals surface area (Å²) in [6.45, 7) is 9.33. The maximum absolute atomic E-state index is 12.7. The maximum atomic E-state index is 12.7. The van der Waals surface area contributed by atoms with E-state index in [0.717, 1.165) is 11.1 Å². The first-order valence-electron chi connectivity index (χ1n) is 13.0. The van der Waals surface area contributed by atoms with E-state index in [-0.39, 0.29) is 11.8 Å². The predicted octanol–water partition coefficient (Wildman–Crippen LogP) is 5.31. The van der Waals surface area contributed by atoms with Gasteiger partial charge in [0, 0.05) is 5.92 Å². The molecule has 1 heterocycles. The van der Waals surface area contributed by atoms with E-state index >= 15 is 0 Å². The molecular formula is C30H41N3O4. The number of hydrogen-bond donors (Lipinski definition) is 4. The Morgan fingerprint density at radius 3 is 2.08 bits per heavy atom. The summed E-state index contributed by atoms with van der Waals surface area (Å²) < 4.78 is 5.49. The van der Waals surface area contributed by atoms with Crippen molar-refractivity contribution >= 4 is 6.09 Å². The number of aliphatic hydroxyl groups excluding tert-OH is 2. The largest absolute Gasteiger partial charge is 0.444 e.